The van der Waals surface area contributed by atoms with Gasteiger partial charge in [-0.2, -0.15) is 8.78 Å². The van der Waals surface area contributed by atoms with Crippen molar-refractivity contribution in [1.29, 1.82) is 0 Å². The van der Waals surface area contributed by atoms with E-state index in [4.69, 9.17) is 16.3 Å². The molecular weight excluding hydrogens is 330 g/mol. The first-order chi connectivity index (χ1) is 10.7. The first-order valence-corrected chi connectivity index (χ1v) is 7.50. The number of carbonyl (C=O) groups is 1. The zero-order valence-corrected chi connectivity index (χ0v) is 14.0. The molecule has 23 heavy (non-hydrogen) atoms. The maximum atomic E-state index is 12.1. The molecule has 0 aromatic heterocycles. The van der Waals surface area contributed by atoms with Gasteiger partial charge in [-0.05, 0) is 45.4 Å². The maximum Gasteiger partial charge on any atom is 0.407 e. The Labute approximate surface area is 139 Å². The van der Waals surface area contributed by atoms with Gasteiger partial charge in [0.1, 0.15) is 11.4 Å². The zero-order chi connectivity index (χ0) is 17.5. The number of halogens is 3. The smallest absolute Gasteiger partial charge is 0.407 e. The van der Waals surface area contributed by atoms with Gasteiger partial charge in [0.05, 0.1) is 5.02 Å². The molecule has 0 bridgehead atoms. The molecule has 0 heterocycles. The van der Waals surface area contributed by atoms with E-state index < -0.39 is 18.3 Å². The molecule has 0 spiro atoms. The van der Waals surface area contributed by atoms with Crippen molar-refractivity contribution in [1.82, 2.24) is 5.32 Å². The van der Waals surface area contributed by atoms with Crippen molar-refractivity contribution in [3.05, 3.63) is 23.2 Å². The zero-order valence-electron chi connectivity index (χ0n) is 13.3. The number of benzene rings is 1. The second kappa shape index (κ2) is 8.76. The number of carbonyl (C=O) groups excluding carboxylic acids is 1. The van der Waals surface area contributed by atoms with Gasteiger partial charge in [-0.25, -0.2) is 4.79 Å². The fraction of sp³-hybridized carbons (Fsp3) is 0.533. The minimum Gasteiger partial charge on any atom is -0.444 e. The van der Waals surface area contributed by atoms with E-state index in [-0.39, 0.29) is 10.8 Å². The lowest BCUT2D eigenvalue weighted by Gasteiger charge is -2.19. The number of anilines is 1. The molecule has 0 atom stereocenters. The van der Waals surface area contributed by atoms with Gasteiger partial charge in [-0.15, -0.1) is 0 Å². The largest absolute Gasteiger partial charge is 0.444 e. The molecule has 5 nitrogen and oxygen atoms in total. The second-order valence-corrected chi connectivity index (χ2v) is 6.14. The Morgan fingerprint density at radius 1 is 1.30 bits per heavy atom. The van der Waals surface area contributed by atoms with Gasteiger partial charge in [-0.1, -0.05) is 11.6 Å². The average Bonchev–Trinajstić information content (AvgIpc) is 2.39. The van der Waals surface area contributed by atoms with Crippen molar-refractivity contribution in [2.45, 2.75) is 39.4 Å². The number of rotatable bonds is 7. The van der Waals surface area contributed by atoms with Crippen LogP contribution in [0, 0.1) is 0 Å². The van der Waals surface area contributed by atoms with E-state index in [1.807, 2.05) is 0 Å². The molecule has 1 aromatic carbocycles. The normalized spacial score (nSPS) is 11.3. The third kappa shape index (κ3) is 8.44. The van der Waals surface area contributed by atoms with Crippen molar-refractivity contribution >= 4 is 23.4 Å². The number of nitrogens with one attached hydrogen (secondary N) is 2. The van der Waals surface area contributed by atoms with Crippen molar-refractivity contribution < 1.29 is 23.0 Å². The summed E-state index contributed by atoms with van der Waals surface area (Å²) >= 11 is 5.84. The summed E-state index contributed by atoms with van der Waals surface area (Å²) in [5, 5.41) is 5.80. The molecule has 0 saturated carbocycles. The minimum absolute atomic E-state index is 0.0705. The van der Waals surface area contributed by atoms with Crippen LogP contribution in [0.5, 0.6) is 5.75 Å². The molecule has 0 unspecified atom stereocenters. The number of hydrogen-bond donors (Lipinski definition) is 2. The summed E-state index contributed by atoms with van der Waals surface area (Å²) in [6.07, 6.45) is 0.195. The van der Waals surface area contributed by atoms with Crippen LogP contribution < -0.4 is 15.4 Å². The summed E-state index contributed by atoms with van der Waals surface area (Å²) in [6.45, 7) is 3.48. The molecule has 8 heteroatoms. The van der Waals surface area contributed by atoms with Crippen molar-refractivity contribution in [3.63, 3.8) is 0 Å². The SMILES string of the molecule is CC(C)(C)OC(=O)NCCCNc1ccc(OC(F)F)c(Cl)c1. The lowest BCUT2D eigenvalue weighted by atomic mass is 10.2. The Balaban J connectivity index is 2.28. The third-order valence-corrected chi connectivity index (χ3v) is 2.79. The summed E-state index contributed by atoms with van der Waals surface area (Å²) in [5.41, 5.74) is 0.148. The lowest BCUT2D eigenvalue weighted by molar-refractivity contribution is -0.0497. The molecule has 2 N–H and O–H groups in total. The minimum atomic E-state index is -2.91. The predicted octanol–water partition coefficient (Wildman–Crippen LogP) is 4.27. The fourth-order valence-corrected chi connectivity index (χ4v) is 1.85. The highest BCUT2D eigenvalue weighted by Gasteiger charge is 2.15. The number of amides is 1. The molecule has 0 aliphatic rings. The average molecular weight is 351 g/mol. The van der Waals surface area contributed by atoms with E-state index in [1.54, 1.807) is 26.8 Å². The van der Waals surface area contributed by atoms with Crippen LogP contribution in [-0.4, -0.2) is 31.4 Å². The standard InChI is InChI=1S/C15H21ClF2N2O3/c1-15(2,3)23-14(21)20-8-4-7-19-10-5-6-12(11(16)9-10)22-13(17)18/h5-6,9,13,19H,4,7-8H2,1-3H3,(H,20,21). The van der Waals surface area contributed by atoms with Gasteiger partial charge < -0.3 is 20.1 Å². The van der Waals surface area contributed by atoms with Gasteiger partial charge in [0.2, 0.25) is 0 Å². The Morgan fingerprint density at radius 2 is 2.00 bits per heavy atom. The number of alkyl halides is 2. The Morgan fingerprint density at radius 3 is 2.57 bits per heavy atom. The number of ether oxygens (including phenoxy) is 2. The van der Waals surface area contributed by atoms with Gasteiger partial charge in [0.15, 0.2) is 0 Å². The van der Waals surface area contributed by atoms with Crippen LogP contribution >= 0.6 is 11.6 Å². The summed E-state index contributed by atoms with van der Waals surface area (Å²) in [4.78, 5) is 11.4. The molecular formula is C15H21ClF2N2O3. The van der Waals surface area contributed by atoms with Crippen LogP contribution in [-0.2, 0) is 4.74 Å². The molecule has 1 rings (SSSR count). The van der Waals surface area contributed by atoms with E-state index in [2.05, 4.69) is 15.4 Å². The van der Waals surface area contributed by atoms with Crippen LogP contribution in [0.1, 0.15) is 27.2 Å². The monoisotopic (exact) mass is 350 g/mol. The first-order valence-electron chi connectivity index (χ1n) is 7.12. The van der Waals surface area contributed by atoms with Gasteiger partial charge in [0.25, 0.3) is 0 Å². The molecule has 1 amide bonds. The summed E-state index contributed by atoms with van der Waals surface area (Å²) in [6, 6.07) is 4.46. The van der Waals surface area contributed by atoms with Gasteiger partial charge >= 0.3 is 12.7 Å². The first kappa shape index (κ1) is 19.3. The Bertz CT molecular complexity index is 522. The quantitative estimate of drug-likeness (QED) is 0.721. The molecule has 0 aliphatic carbocycles. The van der Waals surface area contributed by atoms with Crippen LogP contribution in [0.4, 0.5) is 19.3 Å². The summed E-state index contributed by atoms with van der Waals surface area (Å²) in [5.74, 6) is -0.0705. The van der Waals surface area contributed by atoms with Crippen molar-refractivity contribution in [2.24, 2.45) is 0 Å². The predicted molar refractivity (Wildman–Crippen MR) is 85.4 cm³/mol. The molecule has 0 fully saturated rings. The second-order valence-electron chi connectivity index (χ2n) is 5.73. The molecule has 130 valence electrons. The van der Waals surface area contributed by atoms with E-state index in [0.29, 0.717) is 25.2 Å². The van der Waals surface area contributed by atoms with Crippen LogP contribution in [0.2, 0.25) is 5.02 Å². The van der Waals surface area contributed by atoms with E-state index in [1.165, 1.54) is 12.1 Å². The Hall–Kier alpha value is -1.76. The highest BCUT2D eigenvalue weighted by molar-refractivity contribution is 6.32. The highest BCUT2D eigenvalue weighted by Crippen LogP contribution is 2.28. The van der Waals surface area contributed by atoms with Crippen LogP contribution in [0.25, 0.3) is 0 Å². The van der Waals surface area contributed by atoms with Gasteiger partial charge in [-0.3, -0.25) is 0 Å². The van der Waals surface area contributed by atoms with Crippen molar-refractivity contribution in [2.75, 3.05) is 18.4 Å². The van der Waals surface area contributed by atoms with E-state index in [0.717, 1.165) is 0 Å². The fourth-order valence-electron chi connectivity index (χ4n) is 1.63. The van der Waals surface area contributed by atoms with E-state index in [9.17, 15) is 13.6 Å². The molecule has 0 saturated heterocycles. The number of alkyl carbamates (subject to hydrolysis) is 1. The van der Waals surface area contributed by atoms with E-state index >= 15 is 0 Å². The summed E-state index contributed by atoms with van der Waals surface area (Å²) in [7, 11) is 0. The molecule has 1 aromatic rings. The highest BCUT2D eigenvalue weighted by atomic mass is 35.5. The third-order valence-electron chi connectivity index (χ3n) is 2.50. The summed E-state index contributed by atoms with van der Waals surface area (Å²) < 4.78 is 33.6. The van der Waals surface area contributed by atoms with Crippen LogP contribution in [0.3, 0.4) is 0 Å². The maximum absolute atomic E-state index is 12.1. The molecule has 0 aliphatic heterocycles. The Kier molecular flexibility index (Phi) is 7.35. The van der Waals surface area contributed by atoms with Gasteiger partial charge in [0, 0.05) is 18.8 Å². The lowest BCUT2D eigenvalue weighted by Crippen LogP contribution is -2.33. The topological polar surface area (TPSA) is 59.6 Å². The molecule has 0 radical (unpaired) electrons. The van der Waals surface area contributed by atoms with Crippen LogP contribution in [0.15, 0.2) is 18.2 Å². The van der Waals surface area contributed by atoms with Crippen molar-refractivity contribution in [3.8, 4) is 5.75 Å². The number of hydrogen-bond acceptors (Lipinski definition) is 4.